The van der Waals surface area contributed by atoms with Gasteiger partial charge in [0.05, 0.1) is 12.1 Å². The van der Waals surface area contributed by atoms with E-state index in [9.17, 15) is 9.18 Å². The summed E-state index contributed by atoms with van der Waals surface area (Å²) in [5.74, 6) is -0.0451. The van der Waals surface area contributed by atoms with E-state index < -0.39 is 5.91 Å². The van der Waals surface area contributed by atoms with Crippen molar-refractivity contribution >= 4 is 23.1 Å². The molecule has 28 heavy (non-hydrogen) atoms. The molecular formula is C19H19FN6OS. The second kappa shape index (κ2) is 7.59. The molecule has 1 fully saturated rings. The third-order valence-electron chi connectivity index (χ3n) is 4.97. The highest BCUT2D eigenvalue weighted by atomic mass is 32.1. The second-order valence-corrected chi connectivity index (χ2v) is 8.02. The highest BCUT2D eigenvalue weighted by Crippen LogP contribution is 2.43. The maximum Gasteiger partial charge on any atom is 0.222 e. The average Bonchev–Trinajstić information content (AvgIpc) is 3.10. The fraction of sp³-hybridized carbons (Fsp3) is 0.316. The number of thiazole rings is 1. The van der Waals surface area contributed by atoms with Gasteiger partial charge in [-0.05, 0) is 37.1 Å². The number of hydrogen-bond donors (Lipinski definition) is 2. The lowest BCUT2D eigenvalue weighted by Crippen LogP contribution is -2.42. The topological polar surface area (TPSA) is 107 Å². The minimum absolute atomic E-state index is 0.164. The summed E-state index contributed by atoms with van der Waals surface area (Å²) < 4.78 is 14.2. The van der Waals surface area contributed by atoms with Gasteiger partial charge in [-0.1, -0.05) is 6.42 Å². The van der Waals surface area contributed by atoms with Crippen LogP contribution in [0.3, 0.4) is 0 Å². The maximum atomic E-state index is 14.2. The van der Waals surface area contributed by atoms with Crippen LogP contribution in [0.5, 0.6) is 0 Å². The van der Waals surface area contributed by atoms with Crippen LogP contribution < -0.4 is 11.1 Å². The number of anilines is 1. The van der Waals surface area contributed by atoms with Crippen molar-refractivity contribution in [3.05, 3.63) is 53.0 Å². The number of halogens is 1. The predicted molar refractivity (Wildman–Crippen MR) is 104 cm³/mol. The van der Waals surface area contributed by atoms with Crippen LogP contribution in [0.15, 0.2) is 36.7 Å². The normalized spacial score (nSPS) is 15.0. The summed E-state index contributed by atoms with van der Waals surface area (Å²) in [4.78, 5) is 20.3. The number of nitrogens with zero attached hydrogens (tertiary/aromatic N) is 4. The number of nitrogens with two attached hydrogens (primary N) is 1. The quantitative estimate of drug-likeness (QED) is 0.634. The zero-order chi connectivity index (χ0) is 19.6. The summed E-state index contributed by atoms with van der Waals surface area (Å²) in [5, 5.41) is 12.4. The molecule has 4 rings (SSSR count). The Labute approximate surface area is 165 Å². The molecule has 0 unspecified atom stereocenters. The number of aromatic nitrogens is 4. The zero-order valence-corrected chi connectivity index (χ0v) is 15.9. The summed E-state index contributed by atoms with van der Waals surface area (Å²) in [7, 11) is 0. The monoisotopic (exact) mass is 398 g/mol. The first-order chi connectivity index (χ1) is 13.6. The molecule has 3 N–H and O–H groups in total. The number of hydrogen-bond acceptors (Lipinski definition) is 7. The Hall–Kier alpha value is -2.94. The number of primary amides is 1. The SMILES string of the molecule is NC(=O)Cc1cnc(-c2ccc(NCC3(c4ncccc4F)CCC3)nn2)s1. The van der Waals surface area contributed by atoms with Gasteiger partial charge in [-0.3, -0.25) is 9.78 Å². The average molecular weight is 398 g/mol. The highest BCUT2D eigenvalue weighted by Gasteiger charge is 2.41. The van der Waals surface area contributed by atoms with Crippen LogP contribution in [-0.2, 0) is 16.6 Å². The van der Waals surface area contributed by atoms with Crippen LogP contribution in [0.2, 0.25) is 0 Å². The molecule has 0 saturated heterocycles. The lowest BCUT2D eigenvalue weighted by atomic mass is 9.66. The number of pyridine rings is 1. The van der Waals surface area contributed by atoms with Crippen molar-refractivity contribution < 1.29 is 9.18 Å². The van der Waals surface area contributed by atoms with Crippen molar-refractivity contribution in [2.45, 2.75) is 31.1 Å². The number of amides is 1. The van der Waals surface area contributed by atoms with E-state index in [-0.39, 0.29) is 17.7 Å². The first kappa shape index (κ1) is 18.4. The van der Waals surface area contributed by atoms with E-state index in [0.717, 1.165) is 24.1 Å². The predicted octanol–water partition coefficient (Wildman–Crippen LogP) is 2.70. The van der Waals surface area contributed by atoms with E-state index in [2.05, 4.69) is 25.5 Å². The molecule has 7 nitrogen and oxygen atoms in total. The fourth-order valence-corrected chi connectivity index (χ4v) is 4.24. The van der Waals surface area contributed by atoms with Gasteiger partial charge in [0.25, 0.3) is 0 Å². The maximum absolute atomic E-state index is 14.2. The highest BCUT2D eigenvalue weighted by molar-refractivity contribution is 7.15. The molecule has 0 radical (unpaired) electrons. The molecule has 1 aliphatic rings. The van der Waals surface area contributed by atoms with E-state index in [1.54, 1.807) is 18.5 Å². The van der Waals surface area contributed by atoms with Crippen LogP contribution in [0.1, 0.15) is 29.8 Å². The largest absolute Gasteiger partial charge is 0.369 e. The zero-order valence-electron chi connectivity index (χ0n) is 15.1. The Kier molecular flexibility index (Phi) is 4.99. The fourth-order valence-electron chi connectivity index (χ4n) is 3.36. The molecule has 1 amide bonds. The van der Waals surface area contributed by atoms with Crippen molar-refractivity contribution in [1.29, 1.82) is 0 Å². The van der Waals surface area contributed by atoms with Gasteiger partial charge in [0.2, 0.25) is 5.91 Å². The third kappa shape index (κ3) is 3.70. The van der Waals surface area contributed by atoms with Crippen molar-refractivity contribution in [3.8, 4) is 10.7 Å². The van der Waals surface area contributed by atoms with Crippen molar-refractivity contribution in [3.63, 3.8) is 0 Å². The van der Waals surface area contributed by atoms with Gasteiger partial charge in [0, 0.05) is 29.2 Å². The molecule has 0 aromatic carbocycles. The number of nitrogens with one attached hydrogen (secondary N) is 1. The first-order valence-corrected chi connectivity index (χ1v) is 9.79. The van der Waals surface area contributed by atoms with Crippen LogP contribution in [0.25, 0.3) is 10.7 Å². The van der Waals surface area contributed by atoms with Gasteiger partial charge < -0.3 is 11.1 Å². The van der Waals surface area contributed by atoms with Gasteiger partial charge in [0.1, 0.15) is 22.3 Å². The number of rotatable bonds is 7. The summed E-state index contributed by atoms with van der Waals surface area (Å²) >= 11 is 1.36. The molecule has 0 atom stereocenters. The molecule has 0 spiro atoms. The lowest BCUT2D eigenvalue weighted by molar-refractivity contribution is -0.117. The van der Waals surface area contributed by atoms with Crippen molar-refractivity contribution in [2.75, 3.05) is 11.9 Å². The molecule has 3 aromatic heterocycles. The van der Waals surface area contributed by atoms with Gasteiger partial charge in [0.15, 0.2) is 0 Å². The van der Waals surface area contributed by atoms with E-state index in [0.29, 0.717) is 28.8 Å². The molecule has 1 aliphatic carbocycles. The van der Waals surface area contributed by atoms with Crippen molar-refractivity contribution in [1.82, 2.24) is 20.2 Å². The van der Waals surface area contributed by atoms with E-state index in [1.165, 1.54) is 17.4 Å². The Morgan fingerprint density at radius 3 is 2.75 bits per heavy atom. The van der Waals surface area contributed by atoms with E-state index >= 15 is 0 Å². The Balaban J connectivity index is 1.44. The molecule has 9 heteroatoms. The second-order valence-electron chi connectivity index (χ2n) is 6.90. The van der Waals surface area contributed by atoms with Gasteiger partial charge in [-0.2, -0.15) is 0 Å². The summed E-state index contributed by atoms with van der Waals surface area (Å²) in [5.41, 5.74) is 6.05. The van der Waals surface area contributed by atoms with Crippen LogP contribution >= 0.6 is 11.3 Å². The Morgan fingerprint density at radius 2 is 2.11 bits per heavy atom. The van der Waals surface area contributed by atoms with Gasteiger partial charge in [-0.25, -0.2) is 9.37 Å². The number of carbonyl (C=O) groups excluding carboxylic acids is 1. The molecule has 144 valence electrons. The van der Waals surface area contributed by atoms with Crippen LogP contribution in [0.4, 0.5) is 10.2 Å². The molecular weight excluding hydrogens is 379 g/mol. The first-order valence-electron chi connectivity index (χ1n) is 8.98. The molecule has 3 aromatic rings. The molecule has 3 heterocycles. The lowest BCUT2D eigenvalue weighted by Gasteiger charge is -2.41. The number of carbonyl (C=O) groups is 1. The molecule has 1 saturated carbocycles. The minimum atomic E-state index is -0.393. The van der Waals surface area contributed by atoms with Gasteiger partial charge in [-0.15, -0.1) is 21.5 Å². The third-order valence-corrected chi connectivity index (χ3v) is 5.98. The summed E-state index contributed by atoms with van der Waals surface area (Å²) in [6.07, 6.45) is 6.26. The van der Waals surface area contributed by atoms with E-state index in [4.69, 9.17) is 5.73 Å². The smallest absolute Gasteiger partial charge is 0.222 e. The summed E-state index contributed by atoms with van der Waals surface area (Å²) in [6.45, 7) is 0.551. The minimum Gasteiger partial charge on any atom is -0.369 e. The van der Waals surface area contributed by atoms with Gasteiger partial charge >= 0.3 is 0 Å². The Morgan fingerprint density at radius 1 is 1.25 bits per heavy atom. The van der Waals surface area contributed by atoms with Crippen LogP contribution in [-0.4, -0.2) is 32.6 Å². The van der Waals surface area contributed by atoms with Crippen LogP contribution in [0, 0.1) is 5.82 Å². The standard InChI is InChI=1S/C19H19FN6OS/c20-13-3-1-8-22-17(13)19(6-2-7-19)11-24-16-5-4-14(25-26-16)18-23-10-12(28-18)9-15(21)27/h1,3-5,8,10H,2,6-7,9,11H2,(H2,21,27)(H,24,26). The molecule has 0 aliphatic heterocycles. The van der Waals surface area contributed by atoms with E-state index in [1.807, 2.05) is 12.1 Å². The van der Waals surface area contributed by atoms with Crippen molar-refractivity contribution in [2.24, 2.45) is 5.73 Å². The molecule has 0 bridgehead atoms. The summed E-state index contributed by atoms with van der Waals surface area (Å²) in [6, 6.07) is 6.70. The Bertz CT molecular complexity index is 986.